The van der Waals surface area contributed by atoms with E-state index < -0.39 is 17.0 Å². The molecule has 188 valence electrons. The maximum atomic E-state index is 12.4. The first kappa shape index (κ1) is 24.1. The van der Waals surface area contributed by atoms with Gasteiger partial charge >= 0.3 is 6.03 Å². The van der Waals surface area contributed by atoms with Crippen LogP contribution in [-0.4, -0.2) is 68.7 Å². The van der Waals surface area contributed by atoms with Crippen molar-refractivity contribution in [3.8, 4) is 11.4 Å². The van der Waals surface area contributed by atoms with Crippen molar-refractivity contribution >= 4 is 11.9 Å². The van der Waals surface area contributed by atoms with Gasteiger partial charge in [-0.3, -0.25) is 14.7 Å². The number of hydrogen-bond donors (Lipinski definition) is 2. The number of carbonyl (C=O) groups is 2. The third-order valence-corrected chi connectivity index (χ3v) is 7.22. The zero-order valence-electron chi connectivity index (χ0n) is 20.9. The topological polar surface area (TPSA) is 125 Å². The summed E-state index contributed by atoms with van der Waals surface area (Å²) in [6.07, 6.45) is 3.28. The van der Waals surface area contributed by atoms with Gasteiger partial charge in [-0.2, -0.15) is 4.98 Å². The Bertz CT molecular complexity index is 1280. The largest absolute Gasteiger partial charge is 0.380 e. The third-order valence-electron chi connectivity index (χ3n) is 7.22. The van der Waals surface area contributed by atoms with Gasteiger partial charge in [-0.25, -0.2) is 4.79 Å². The van der Waals surface area contributed by atoms with Crippen molar-refractivity contribution in [2.24, 2.45) is 5.41 Å². The van der Waals surface area contributed by atoms with Crippen LogP contribution in [0.3, 0.4) is 0 Å². The lowest BCUT2D eigenvalue weighted by atomic mass is 9.62. The molecule has 0 spiro atoms. The molecule has 3 aromatic rings. The van der Waals surface area contributed by atoms with Crippen LogP contribution in [0, 0.1) is 5.41 Å². The SMILES string of the molecule is CC(C)c1ccc(C(O)(c2cncc(-c3noc(CN4C(=O)CNC4=O)n3)c2)C2(C)CN(C)C2)cc1. The average Bonchev–Trinajstić information content (AvgIpc) is 3.45. The molecule has 10 nitrogen and oxygen atoms in total. The summed E-state index contributed by atoms with van der Waals surface area (Å²) >= 11 is 0. The molecule has 1 aromatic carbocycles. The lowest BCUT2D eigenvalue weighted by Gasteiger charge is -2.55. The Morgan fingerprint density at radius 2 is 1.89 bits per heavy atom. The minimum Gasteiger partial charge on any atom is -0.380 e. The maximum Gasteiger partial charge on any atom is 0.325 e. The van der Waals surface area contributed by atoms with Crippen molar-refractivity contribution in [1.29, 1.82) is 0 Å². The number of imide groups is 1. The molecule has 0 saturated carbocycles. The molecule has 0 radical (unpaired) electrons. The van der Waals surface area contributed by atoms with Gasteiger partial charge < -0.3 is 19.8 Å². The van der Waals surface area contributed by atoms with E-state index in [4.69, 9.17) is 4.52 Å². The van der Waals surface area contributed by atoms with E-state index in [1.54, 1.807) is 12.4 Å². The Hall–Kier alpha value is -3.63. The molecule has 2 saturated heterocycles. The fraction of sp³-hybridized carbons (Fsp3) is 0.423. The van der Waals surface area contributed by atoms with Crippen LogP contribution in [0.5, 0.6) is 0 Å². The van der Waals surface area contributed by atoms with Crippen LogP contribution >= 0.6 is 0 Å². The van der Waals surface area contributed by atoms with Crippen LogP contribution in [0.25, 0.3) is 11.4 Å². The summed E-state index contributed by atoms with van der Waals surface area (Å²) in [5, 5.41) is 18.9. The molecule has 2 aromatic heterocycles. The van der Waals surface area contributed by atoms with E-state index in [9.17, 15) is 14.7 Å². The Morgan fingerprint density at radius 3 is 2.50 bits per heavy atom. The number of pyridine rings is 1. The Labute approximate surface area is 209 Å². The molecule has 2 N–H and O–H groups in total. The first-order valence-corrected chi connectivity index (χ1v) is 12.0. The standard InChI is InChI=1S/C26H30N6O4/c1-16(2)17-5-7-19(8-6-17)26(35,25(3)14-31(4)15-25)20-9-18(10-27-11-20)23-29-21(36-30-23)13-32-22(33)12-28-24(32)34/h5-11,16,35H,12-15H2,1-4H3,(H,28,34). The van der Waals surface area contributed by atoms with Gasteiger partial charge in [-0.1, -0.05) is 50.2 Å². The number of aliphatic hydroxyl groups is 1. The highest BCUT2D eigenvalue weighted by Gasteiger charge is 2.55. The highest BCUT2D eigenvalue weighted by atomic mass is 16.5. The van der Waals surface area contributed by atoms with E-state index in [1.807, 2.05) is 25.2 Å². The molecule has 0 aliphatic carbocycles. The fourth-order valence-electron chi connectivity index (χ4n) is 5.29. The van der Waals surface area contributed by atoms with Gasteiger partial charge in [-0.05, 0) is 30.2 Å². The molecular weight excluding hydrogens is 460 g/mol. The van der Waals surface area contributed by atoms with Crippen molar-refractivity contribution in [3.05, 3.63) is 65.3 Å². The molecule has 36 heavy (non-hydrogen) atoms. The molecule has 2 fully saturated rings. The Morgan fingerprint density at radius 1 is 1.17 bits per heavy atom. The molecule has 5 rings (SSSR count). The smallest absolute Gasteiger partial charge is 0.325 e. The molecule has 1 atom stereocenters. The van der Waals surface area contributed by atoms with Crippen molar-refractivity contribution in [3.63, 3.8) is 0 Å². The second-order valence-electron chi connectivity index (χ2n) is 10.3. The molecule has 2 aliphatic heterocycles. The third kappa shape index (κ3) is 3.96. The van der Waals surface area contributed by atoms with Gasteiger partial charge in [0.2, 0.25) is 11.7 Å². The number of nitrogens with one attached hydrogen (secondary N) is 1. The summed E-state index contributed by atoms with van der Waals surface area (Å²) in [7, 11) is 2.03. The molecular formula is C26H30N6O4. The number of rotatable bonds is 7. The van der Waals surface area contributed by atoms with Crippen molar-refractivity contribution in [2.75, 3.05) is 26.7 Å². The van der Waals surface area contributed by atoms with Gasteiger partial charge in [0.25, 0.3) is 5.91 Å². The molecule has 2 aliphatic rings. The molecule has 0 bridgehead atoms. The zero-order valence-corrected chi connectivity index (χ0v) is 20.9. The summed E-state index contributed by atoms with van der Waals surface area (Å²) in [6.45, 7) is 7.65. The van der Waals surface area contributed by atoms with E-state index in [1.165, 1.54) is 5.56 Å². The van der Waals surface area contributed by atoms with Crippen LogP contribution < -0.4 is 5.32 Å². The predicted octanol–water partition coefficient (Wildman–Crippen LogP) is 2.49. The number of nitrogens with zero attached hydrogens (tertiary/aromatic N) is 5. The Kier molecular flexibility index (Phi) is 5.88. The van der Waals surface area contributed by atoms with Gasteiger partial charge in [0.05, 0.1) is 6.54 Å². The number of carbonyl (C=O) groups excluding carboxylic acids is 2. The van der Waals surface area contributed by atoms with Gasteiger partial charge in [0.1, 0.15) is 12.1 Å². The van der Waals surface area contributed by atoms with E-state index in [0.717, 1.165) is 23.6 Å². The monoisotopic (exact) mass is 490 g/mol. The van der Waals surface area contributed by atoms with Gasteiger partial charge in [0.15, 0.2) is 0 Å². The summed E-state index contributed by atoms with van der Waals surface area (Å²) in [5.41, 5.74) is 1.46. The van der Waals surface area contributed by atoms with E-state index in [-0.39, 0.29) is 30.7 Å². The van der Waals surface area contributed by atoms with Gasteiger partial charge in [-0.15, -0.1) is 0 Å². The fourth-order valence-corrected chi connectivity index (χ4v) is 5.29. The number of hydrogen-bond acceptors (Lipinski definition) is 8. The minimum absolute atomic E-state index is 0.0452. The molecule has 3 amide bonds. The molecule has 10 heteroatoms. The number of amides is 3. The van der Waals surface area contributed by atoms with Crippen LogP contribution in [0.1, 0.15) is 49.3 Å². The minimum atomic E-state index is -1.30. The van der Waals surface area contributed by atoms with Crippen molar-refractivity contribution in [2.45, 2.75) is 38.8 Å². The summed E-state index contributed by atoms with van der Waals surface area (Å²) in [4.78, 5) is 35.7. The van der Waals surface area contributed by atoms with Crippen molar-refractivity contribution < 1.29 is 19.2 Å². The second kappa shape index (κ2) is 8.79. The highest BCUT2D eigenvalue weighted by Crippen LogP contribution is 2.50. The maximum absolute atomic E-state index is 12.4. The average molecular weight is 491 g/mol. The normalized spacial score (nSPS) is 19.3. The first-order chi connectivity index (χ1) is 17.1. The van der Waals surface area contributed by atoms with Crippen LogP contribution in [-0.2, 0) is 16.9 Å². The summed E-state index contributed by atoms with van der Waals surface area (Å²) in [6, 6.07) is 9.46. The van der Waals surface area contributed by atoms with Crippen LogP contribution in [0.15, 0.2) is 47.2 Å². The number of aromatic nitrogens is 3. The lowest BCUT2D eigenvalue weighted by molar-refractivity contribution is -0.127. The zero-order chi connectivity index (χ0) is 25.7. The van der Waals surface area contributed by atoms with E-state index in [2.05, 4.69) is 58.2 Å². The number of likely N-dealkylation sites (tertiary alicyclic amines) is 1. The van der Waals surface area contributed by atoms with E-state index in [0.29, 0.717) is 17.0 Å². The first-order valence-electron chi connectivity index (χ1n) is 12.0. The Balaban J connectivity index is 1.50. The predicted molar refractivity (Wildman–Crippen MR) is 131 cm³/mol. The van der Waals surface area contributed by atoms with E-state index >= 15 is 0 Å². The van der Waals surface area contributed by atoms with Crippen molar-refractivity contribution in [1.82, 2.24) is 30.2 Å². The van der Waals surface area contributed by atoms with Crippen LogP contribution in [0.2, 0.25) is 0 Å². The van der Waals surface area contributed by atoms with Crippen LogP contribution in [0.4, 0.5) is 4.79 Å². The van der Waals surface area contributed by atoms with Gasteiger partial charge in [0, 0.05) is 42.0 Å². The summed E-state index contributed by atoms with van der Waals surface area (Å²) in [5.74, 6) is 0.431. The summed E-state index contributed by atoms with van der Waals surface area (Å²) < 4.78 is 5.31. The highest BCUT2D eigenvalue weighted by molar-refractivity contribution is 6.01. The lowest BCUT2D eigenvalue weighted by Crippen LogP contribution is -2.63. The quantitative estimate of drug-likeness (QED) is 0.484. The number of benzene rings is 1. The molecule has 4 heterocycles. The second-order valence-corrected chi connectivity index (χ2v) is 10.3. The number of urea groups is 1. The molecule has 1 unspecified atom stereocenters.